The third-order valence-electron chi connectivity index (χ3n) is 3.74. The first-order valence-electron chi connectivity index (χ1n) is 7.85. The maximum absolute atomic E-state index is 14.1. The predicted molar refractivity (Wildman–Crippen MR) is 97.4 cm³/mol. The number of benzene rings is 2. The summed E-state index contributed by atoms with van der Waals surface area (Å²) in [6.45, 7) is 0. The Labute approximate surface area is 156 Å². The van der Waals surface area contributed by atoms with Crippen LogP contribution in [0.1, 0.15) is 10.4 Å². The van der Waals surface area contributed by atoms with Gasteiger partial charge in [0.25, 0.3) is 5.91 Å². The smallest absolute Gasteiger partial charge is 0.258 e. The summed E-state index contributed by atoms with van der Waals surface area (Å²) in [6, 6.07) is 13.2. The Hall–Kier alpha value is -3.39. The van der Waals surface area contributed by atoms with Crippen LogP contribution in [0.4, 0.5) is 14.5 Å². The summed E-state index contributed by atoms with van der Waals surface area (Å²) in [7, 11) is 0. The molecule has 4 aromatic rings. The van der Waals surface area contributed by atoms with Gasteiger partial charge in [-0.05, 0) is 42.5 Å². The molecule has 134 valence electrons. The second kappa shape index (κ2) is 7.08. The fourth-order valence-electron chi connectivity index (χ4n) is 2.43. The van der Waals surface area contributed by atoms with Gasteiger partial charge in [-0.3, -0.25) is 4.79 Å². The Morgan fingerprint density at radius 2 is 1.78 bits per heavy atom. The zero-order chi connectivity index (χ0) is 18.8. The Bertz CT molecular complexity index is 1110. The molecule has 0 aliphatic carbocycles. The molecular weight excluding hydrogens is 372 g/mol. The molecule has 0 bridgehead atoms. The maximum atomic E-state index is 14.1. The van der Waals surface area contributed by atoms with Gasteiger partial charge < -0.3 is 9.73 Å². The lowest BCUT2D eigenvalue weighted by Gasteiger charge is -2.08. The number of hydrogen-bond donors (Lipinski definition) is 1. The van der Waals surface area contributed by atoms with Crippen LogP contribution in [0.15, 0.2) is 65.3 Å². The number of halogens is 2. The molecule has 1 amide bonds. The van der Waals surface area contributed by atoms with E-state index in [9.17, 15) is 13.6 Å². The van der Waals surface area contributed by atoms with E-state index < -0.39 is 17.5 Å². The Kier molecular flexibility index (Phi) is 4.47. The zero-order valence-corrected chi connectivity index (χ0v) is 14.5. The average Bonchev–Trinajstić information content (AvgIpc) is 3.35. The molecule has 2 aromatic heterocycles. The second-order valence-electron chi connectivity index (χ2n) is 5.52. The molecule has 0 spiro atoms. The first-order chi connectivity index (χ1) is 13.1. The maximum Gasteiger partial charge on any atom is 0.258 e. The highest BCUT2D eigenvalue weighted by molar-refractivity contribution is 7.17. The van der Waals surface area contributed by atoms with Gasteiger partial charge in [-0.15, -0.1) is 10.2 Å². The van der Waals surface area contributed by atoms with Crippen LogP contribution in [0, 0.1) is 11.6 Å². The highest BCUT2D eigenvalue weighted by Gasteiger charge is 2.16. The van der Waals surface area contributed by atoms with Crippen LogP contribution in [0.2, 0.25) is 0 Å². The van der Waals surface area contributed by atoms with Gasteiger partial charge in [0.15, 0.2) is 10.8 Å². The van der Waals surface area contributed by atoms with Gasteiger partial charge in [0.2, 0.25) is 0 Å². The van der Waals surface area contributed by atoms with E-state index in [1.54, 1.807) is 12.1 Å². The number of rotatable bonds is 4. The van der Waals surface area contributed by atoms with Crippen LogP contribution in [0.5, 0.6) is 0 Å². The van der Waals surface area contributed by atoms with E-state index in [2.05, 4.69) is 15.5 Å². The highest BCUT2D eigenvalue weighted by atomic mass is 32.1. The zero-order valence-electron chi connectivity index (χ0n) is 13.6. The van der Waals surface area contributed by atoms with E-state index in [1.165, 1.54) is 60.1 Å². The molecule has 0 saturated heterocycles. The van der Waals surface area contributed by atoms with E-state index in [-0.39, 0.29) is 11.3 Å². The summed E-state index contributed by atoms with van der Waals surface area (Å²) in [5.41, 5.74) is 0.323. The number of nitrogens with one attached hydrogen (secondary N) is 1. The topological polar surface area (TPSA) is 68.0 Å². The van der Waals surface area contributed by atoms with Crippen LogP contribution in [-0.2, 0) is 0 Å². The SMILES string of the molecule is O=C(Nc1cc(-c2nnc(-c3ccco3)s2)ccc1F)c1ccccc1F. The van der Waals surface area contributed by atoms with Crippen molar-refractivity contribution in [2.45, 2.75) is 0 Å². The number of carbonyl (C=O) groups excluding carboxylic acids is 1. The molecule has 2 aromatic carbocycles. The second-order valence-corrected chi connectivity index (χ2v) is 6.50. The van der Waals surface area contributed by atoms with Crippen LogP contribution in [0.25, 0.3) is 21.3 Å². The van der Waals surface area contributed by atoms with Crippen molar-refractivity contribution in [1.29, 1.82) is 0 Å². The van der Waals surface area contributed by atoms with Crippen LogP contribution in [-0.4, -0.2) is 16.1 Å². The number of anilines is 1. The fourth-order valence-corrected chi connectivity index (χ4v) is 3.24. The van der Waals surface area contributed by atoms with Gasteiger partial charge in [0.05, 0.1) is 17.5 Å². The van der Waals surface area contributed by atoms with Crippen molar-refractivity contribution < 1.29 is 18.0 Å². The van der Waals surface area contributed by atoms with Crippen LogP contribution >= 0.6 is 11.3 Å². The van der Waals surface area contributed by atoms with Crippen molar-refractivity contribution in [3.8, 4) is 21.3 Å². The lowest BCUT2D eigenvalue weighted by atomic mass is 10.1. The minimum absolute atomic E-state index is 0.0736. The van der Waals surface area contributed by atoms with Crippen molar-refractivity contribution in [2.24, 2.45) is 0 Å². The first kappa shape index (κ1) is 17.0. The van der Waals surface area contributed by atoms with E-state index in [4.69, 9.17) is 4.42 Å². The van der Waals surface area contributed by atoms with Crippen molar-refractivity contribution in [2.75, 3.05) is 5.32 Å². The fraction of sp³-hybridized carbons (Fsp3) is 0. The van der Waals surface area contributed by atoms with Crippen molar-refractivity contribution in [3.63, 3.8) is 0 Å². The van der Waals surface area contributed by atoms with Gasteiger partial charge in [-0.1, -0.05) is 23.5 Å². The summed E-state index contributed by atoms with van der Waals surface area (Å²) in [6.07, 6.45) is 1.53. The number of aromatic nitrogens is 2. The third-order valence-corrected chi connectivity index (χ3v) is 4.72. The monoisotopic (exact) mass is 383 g/mol. The number of hydrogen-bond acceptors (Lipinski definition) is 5. The Morgan fingerprint density at radius 3 is 2.56 bits per heavy atom. The standard InChI is InChI=1S/C19H11F2N3O2S/c20-13-5-2-1-4-12(13)17(25)22-15-10-11(7-8-14(15)21)18-23-24-19(27-18)16-6-3-9-26-16/h1-10H,(H,22,25). The molecule has 0 saturated carbocycles. The van der Waals surface area contributed by atoms with E-state index in [1.807, 2.05) is 0 Å². The Balaban J connectivity index is 1.62. The van der Waals surface area contributed by atoms with Gasteiger partial charge in [0, 0.05) is 5.56 Å². The molecule has 1 N–H and O–H groups in total. The number of furan rings is 1. The summed E-state index contributed by atoms with van der Waals surface area (Å²) in [4.78, 5) is 12.2. The molecule has 27 heavy (non-hydrogen) atoms. The predicted octanol–water partition coefficient (Wildman–Crippen LogP) is 5.00. The molecule has 0 aliphatic heterocycles. The first-order valence-corrected chi connectivity index (χ1v) is 8.66. The molecular formula is C19H11F2N3O2S. The van der Waals surface area contributed by atoms with Gasteiger partial charge in [-0.2, -0.15) is 0 Å². The molecule has 0 atom stereocenters. The van der Waals surface area contributed by atoms with Crippen LogP contribution in [0.3, 0.4) is 0 Å². The number of amides is 1. The third kappa shape index (κ3) is 3.47. The molecule has 4 rings (SSSR count). The summed E-state index contributed by atoms with van der Waals surface area (Å²) in [5, 5.41) is 11.6. The van der Waals surface area contributed by atoms with E-state index in [0.717, 1.165) is 0 Å². The van der Waals surface area contributed by atoms with Crippen molar-refractivity contribution in [1.82, 2.24) is 10.2 Å². The van der Waals surface area contributed by atoms with Gasteiger partial charge in [0.1, 0.15) is 16.6 Å². The molecule has 0 radical (unpaired) electrons. The molecule has 2 heterocycles. The molecule has 5 nitrogen and oxygen atoms in total. The average molecular weight is 383 g/mol. The summed E-state index contributed by atoms with van der Waals surface area (Å²) in [5.74, 6) is -1.48. The van der Waals surface area contributed by atoms with Crippen molar-refractivity contribution in [3.05, 3.63) is 78.1 Å². The molecule has 8 heteroatoms. The largest absolute Gasteiger partial charge is 0.462 e. The quantitative estimate of drug-likeness (QED) is 0.539. The molecule has 0 aliphatic rings. The van der Waals surface area contributed by atoms with Gasteiger partial charge >= 0.3 is 0 Å². The minimum Gasteiger partial charge on any atom is -0.462 e. The number of carbonyl (C=O) groups is 1. The highest BCUT2D eigenvalue weighted by Crippen LogP contribution is 2.32. The van der Waals surface area contributed by atoms with E-state index in [0.29, 0.717) is 21.3 Å². The summed E-state index contributed by atoms with van der Waals surface area (Å²) >= 11 is 1.26. The normalized spacial score (nSPS) is 10.7. The lowest BCUT2D eigenvalue weighted by Crippen LogP contribution is -2.14. The minimum atomic E-state index is -0.738. The lowest BCUT2D eigenvalue weighted by molar-refractivity contribution is 0.102. The molecule has 0 unspecified atom stereocenters. The van der Waals surface area contributed by atoms with Crippen molar-refractivity contribution >= 4 is 22.9 Å². The summed E-state index contributed by atoms with van der Waals surface area (Å²) < 4.78 is 33.2. The van der Waals surface area contributed by atoms with Crippen LogP contribution < -0.4 is 5.32 Å². The van der Waals surface area contributed by atoms with Gasteiger partial charge in [-0.25, -0.2) is 8.78 Å². The van der Waals surface area contributed by atoms with E-state index >= 15 is 0 Å². The Morgan fingerprint density at radius 1 is 0.963 bits per heavy atom. The number of nitrogens with zero attached hydrogens (tertiary/aromatic N) is 2. The molecule has 0 fully saturated rings.